The van der Waals surface area contributed by atoms with Crippen LogP contribution >= 0.6 is 0 Å². The first-order valence-corrected chi connectivity index (χ1v) is 5.29. The van der Waals surface area contributed by atoms with Gasteiger partial charge < -0.3 is 14.7 Å². The van der Waals surface area contributed by atoms with Gasteiger partial charge in [0.05, 0.1) is 18.2 Å². The van der Waals surface area contributed by atoms with Gasteiger partial charge in [0.25, 0.3) is 0 Å². The normalized spacial score (nSPS) is 10.9. The van der Waals surface area contributed by atoms with Crippen molar-refractivity contribution in [3.63, 3.8) is 0 Å². The highest BCUT2D eigenvalue weighted by Gasteiger charge is 2.08. The fraction of sp³-hybridized carbons (Fsp3) is 0.0769. The quantitative estimate of drug-likeness (QED) is 0.864. The van der Waals surface area contributed by atoms with Gasteiger partial charge >= 0.3 is 5.97 Å². The Morgan fingerprint density at radius 3 is 2.89 bits per heavy atom. The van der Waals surface area contributed by atoms with Crippen LogP contribution in [0.2, 0.25) is 0 Å². The summed E-state index contributed by atoms with van der Waals surface area (Å²) in [5.74, 6) is -0.344. The van der Waals surface area contributed by atoms with Crippen LogP contribution in [0, 0.1) is 0 Å². The Hall–Kier alpha value is -2.56. The standard InChI is InChI=1S/C13H11NO4/c15-11-5-4-9(2-1-3-13(16)17)8-10(11)12-6-7-14-18-12/h1-2,4-8,15H,3H2,(H,16,17). The first-order valence-electron chi connectivity index (χ1n) is 5.29. The van der Waals surface area contributed by atoms with E-state index in [4.69, 9.17) is 9.63 Å². The van der Waals surface area contributed by atoms with Crippen molar-refractivity contribution in [3.8, 4) is 17.1 Å². The number of rotatable bonds is 4. The zero-order chi connectivity index (χ0) is 13.0. The Morgan fingerprint density at radius 2 is 2.22 bits per heavy atom. The zero-order valence-electron chi connectivity index (χ0n) is 9.41. The number of carboxylic acid groups (broad SMARTS) is 1. The molecular formula is C13H11NO4. The van der Waals surface area contributed by atoms with E-state index in [2.05, 4.69) is 5.16 Å². The van der Waals surface area contributed by atoms with Crippen LogP contribution in [0.5, 0.6) is 5.75 Å². The molecule has 0 atom stereocenters. The Balaban J connectivity index is 2.27. The molecule has 0 aliphatic carbocycles. The lowest BCUT2D eigenvalue weighted by atomic mass is 10.1. The number of aromatic hydroxyl groups is 1. The molecule has 1 aromatic carbocycles. The molecule has 2 rings (SSSR count). The number of carboxylic acids is 1. The number of nitrogens with zero attached hydrogens (tertiary/aromatic N) is 1. The predicted octanol–water partition coefficient (Wildman–Crippen LogP) is 2.54. The molecule has 2 aromatic rings. The summed E-state index contributed by atoms with van der Waals surface area (Å²) in [6.07, 6.45) is 4.66. The highest BCUT2D eigenvalue weighted by Crippen LogP contribution is 2.30. The van der Waals surface area contributed by atoms with Crippen molar-refractivity contribution in [2.45, 2.75) is 6.42 Å². The summed E-state index contributed by atoms with van der Waals surface area (Å²) in [7, 11) is 0. The molecule has 0 fully saturated rings. The van der Waals surface area contributed by atoms with Crippen molar-refractivity contribution in [3.05, 3.63) is 42.1 Å². The van der Waals surface area contributed by atoms with Gasteiger partial charge in [-0.2, -0.15) is 0 Å². The molecule has 0 spiro atoms. The van der Waals surface area contributed by atoms with Crippen molar-refractivity contribution >= 4 is 12.0 Å². The number of phenols is 1. The van der Waals surface area contributed by atoms with Crippen LogP contribution < -0.4 is 0 Å². The topological polar surface area (TPSA) is 83.6 Å². The molecule has 5 nitrogen and oxygen atoms in total. The van der Waals surface area contributed by atoms with Crippen LogP contribution in [-0.2, 0) is 4.79 Å². The fourth-order valence-corrected chi connectivity index (χ4v) is 1.51. The van der Waals surface area contributed by atoms with E-state index in [0.717, 1.165) is 5.56 Å². The average Bonchev–Trinajstić information content (AvgIpc) is 2.84. The maximum absolute atomic E-state index is 10.4. The summed E-state index contributed by atoms with van der Waals surface area (Å²) in [4.78, 5) is 10.4. The second kappa shape index (κ2) is 5.18. The number of carbonyl (C=O) groups is 1. The van der Waals surface area contributed by atoms with E-state index < -0.39 is 5.97 Å². The van der Waals surface area contributed by atoms with Crippen LogP contribution in [0.3, 0.4) is 0 Å². The molecule has 0 radical (unpaired) electrons. The highest BCUT2D eigenvalue weighted by molar-refractivity contribution is 5.72. The van der Waals surface area contributed by atoms with Gasteiger partial charge in [-0.3, -0.25) is 4.79 Å². The Morgan fingerprint density at radius 1 is 1.39 bits per heavy atom. The molecule has 0 amide bonds. The Labute approximate surface area is 103 Å². The van der Waals surface area contributed by atoms with Gasteiger partial charge in [0.2, 0.25) is 0 Å². The first-order chi connectivity index (χ1) is 8.66. The highest BCUT2D eigenvalue weighted by atomic mass is 16.5. The van der Waals surface area contributed by atoms with E-state index in [-0.39, 0.29) is 12.2 Å². The minimum absolute atomic E-state index is 0.0431. The third kappa shape index (κ3) is 2.76. The van der Waals surface area contributed by atoms with E-state index in [1.54, 1.807) is 30.4 Å². The summed E-state index contributed by atoms with van der Waals surface area (Å²) < 4.78 is 4.97. The molecule has 2 N–H and O–H groups in total. The van der Waals surface area contributed by atoms with Gasteiger partial charge in [0.15, 0.2) is 5.76 Å². The lowest BCUT2D eigenvalue weighted by Gasteiger charge is -2.02. The minimum Gasteiger partial charge on any atom is -0.507 e. The van der Waals surface area contributed by atoms with E-state index >= 15 is 0 Å². The molecule has 0 aliphatic rings. The van der Waals surface area contributed by atoms with Crippen LogP contribution in [0.15, 0.2) is 41.1 Å². The van der Waals surface area contributed by atoms with Crippen LogP contribution in [0.25, 0.3) is 17.4 Å². The molecule has 5 heteroatoms. The number of hydrogen-bond donors (Lipinski definition) is 2. The molecule has 1 heterocycles. The Kier molecular flexibility index (Phi) is 3.43. The van der Waals surface area contributed by atoms with Crippen LogP contribution in [-0.4, -0.2) is 21.3 Å². The van der Waals surface area contributed by atoms with Gasteiger partial charge in [-0.15, -0.1) is 0 Å². The fourth-order valence-electron chi connectivity index (χ4n) is 1.51. The molecule has 0 saturated heterocycles. The molecule has 0 saturated carbocycles. The van der Waals surface area contributed by atoms with E-state index in [0.29, 0.717) is 11.3 Å². The largest absolute Gasteiger partial charge is 0.507 e. The molecule has 1 aromatic heterocycles. The maximum atomic E-state index is 10.4. The number of phenolic OH excluding ortho intramolecular Hbond substituents is 1. The lowest BCUT2D eigenvalue weighted by molar-refractivity contribution is -0.135. The van der Waals surface area contributed by atoms with Crippen molar-refractivity contribution in [2.24, 2.45) is 0 Å². The SMILES string of the molecule is O=C(O)CC=Cc1ccc(O)c(-c2ccno2)c1. The van der Waals surface area contributed by atoms with Gasteiger partial charge in [0, 0.05) is 6.07 Å². The second-order valence-corrected chi connectivity index (χ2v) is 3.65. The van der Waals surface area contributed by atoms with Crippen molar-refractivity contribution < 1.29 is 19.5 Å². The lowest BCUT2D eigenvalue weighted by Crippen LogP contribution is -1.89. The first kappa shape index (κ1) is 11.9. The molecule has 0 bridgehead atoms. The summed E-state index contributed by atoms with van der Waals surface area (Å²) in [6, 6.07) is 6.56. The van der Waals surface area contributed by atoms with E-state index in [1.165, 1.54) is 12.3 Å². The summed E-state index contributed by atoms with van der Waals surface area (Å²) >= 11 is 0. The van der Waals surface area contributed by atoms with Gasteiger partial charge in [-0.1, -0.05) is 23.4 Å². The Bertz CT molecular complexity index is 573. The average molecular weight is 245 g/mol. The van der Waals surface area contributed by atoms with Gasteiger partial charge in [-0.05, 0) is 17.7 Å². The van der Waals surface area contributed by atoms with Crippen LogP contribution in [0.1, 0.15) is 12.0 Å². The number of aliphatic carboxylic acids is 1. The molecule has 0 aliphatic heterocycles. The van der Waals surface area contributed by atoms with E-state index in [1.807, 2.05) is 0 Å². The zero-order valence-corrected chi connectivity index (χ0v) is 9.41. The smallest absolute Gasteiger partial charge is 0.307 e. The second-order valence-electron chi connectivity index (χ2n) is 3.65. The maximum Gasteiger partial charge on any atom is 0.307 e. The monoisotopic (exact) mass is 245 g/mol. The van der Waals surface area contributed by atoms with Crippen molar-refractivity contribution in [1.29, 1.82) is 0 Å². The third-order valence-electron chi connectivity index (χ3n) is 2.33. The molecule has 18 heavy (non-hydrogen) atoms. The number of aromatic nitrogens is 1. The molecule has 0 unspecified atom stereocenters. The van der Waals surface area contributed by atoms with Crippen molar-refractivity contribution in [2.75, 3.05) is 0 Å². The van der Waals surface area contributed by atoms with Gasteiger partial charge in [0.1, 0.15) is 5.75 Å². The summed E-state index contributed by atoms with van der Waals surface area (Å²) in [5.41, 5.74) is 1.30. The minimum atomic E-state index is -0.888. The van der Waals surface area contributed by atoms with Crippen LogP contribution in [0.4, 0.5) is 0 Å². The third-order valence-corrected chi connectivity index (χ3v) is 2.33. The molecular weight excluding hydrogens is 234 g/mol. The van der Waals surface area contributed by atoms with E-state index in [9.17, 15) is 9.90 Å². The number of hydrogen-bond acceptors (Lipinski definition) is 4. The summed E-state index contributed by atoms with van der Waals surface area (Å²) in [5, 5.41) is 21.8. The van der Waals surface area contributed by atoms with Gasteiger partial charge in [-0.25, -0.2) is 0 Å². The predicted molar refractivity (Wildman–Crippen MR) is 64.9 cm³/mol. The summed E-state index contributed by atoms with van der Waals surface area (Å²) in [6.45, 7) is 0. The van der Waals surface area contributed by atoms with Crippen molar-refractivity contribution in [1.82, 2.24) is 5.16 Å². The number of benzene rings is 1. The molecule has 92 valence electrons.